The van der Waals surface area contributed by atoms with E-state index in [0.29, 0.717) is 12.2 Å². The molecule has 0 fully saturated rings. The molecule has 2 aromatic rings. The molecule has 0 spiro atoms. The fourth-order valence-corrected chi connectivity index (χ4v) is 4.74. The first-order valence-electron chi connectivity index (χ1n) is 11.1. The number of aryl methyl sites for hydroxylation is 1. The number of aliphatic hydroxyl groups is 1. The maximum Gasteiger partial charge on any atom is 0.220 e. The molecule has 0 aliphatic carbocycles. The van der Waals surface area contributed by atoms with E-state index in [9.17, 15) is 13.5 Å². The Morgan fingerprint density at radius 2 is 1.76 bits per heavy atom. The van der Waals surface area contributed by atoms with Gasteiger partial charge in [0.1, 0.15) is 17.1 Å². The van der Waals surface area contributed by atoms with Crippen LogP contribution in [0.1, 0.15) is 50.2 Å². The molecule has 1 aromatic carbocycles. The fourth-order valence-electron chi connectivity index (χ4n) is 3.15. The van der Waals surface area contributed by atoms with Gasteiger partial charge in [0, 0.05) is 25.5 Å². The molecule has 0 aliphatic rings. The quantitative estimate of drug-likeness (QED) is 0.356. The maximum absolute atomic E-state index is 13.7. The molecular weight excluding hydrogens is 454 g/mol. The zero-order valence-corrected chi connectivity index (χ0v) is 21.5. The van der Waals surface area contributed by atoms with Crippen molar-refractivity contribution in [1.29, 1.82) is 0 Å². The van der Waals surface area contributed by atoms with Gasteiger partial charge in [0.25, 0.3) is 0 Å². The molecule has 0 aliphatic heterocycles. The van der Waals surface area contributed by atoms with Crippen LogP contribution >= 0.6 is 0 Å². The average molecular weight is 490 g/mol. The third-order valence-corrected chi connectivity index (χ3v) is 7.74. The summed E-state index contributed by atoms with van der Waals surface area (Å²) in [5.41, 5.74) is 2.53. The van der Waals surface area contributed by atoms with Gasteiger partial charge >= 0.3 is 0 Å². The minimum atomic E-state index is -3.94. The number of ether oxygens (including phenoxy) is 2. The van der Waals surface area contributed by atoms with Gasteiger partial charge in [-0.25, -0.2) is 18.4 Å². The average Bonchev–Trinajstić information content (AvgIpc) is 2.85. The van der Waals surface area contributed by atoms with Crippen LogP contribution in [0, 0.1) is 6.92 Å². The van der Waals surface area contributed by atoms with Crippen LogP contribution < -0.4 is 4.74 Å². The monoisotopic (exact) mass is 489 g/mol. The molecule has 1 heterocycles. The van der Waals surface area contributed by atoms with Crippen LogP contribution in [0.25, 0.3) is 0 Å². The lowest BCUT2D eigenvalue weighted by molar-refractivity contribution is 0.163. The van der Waals surface area contributed by atoms with E-state index in [1.165, 1.54) is 11.2 Å². The van der Waals surface area contributed by atoms with Gasteiger partial charge in [0.15, 0.2) is 5.82 Å². The highest BCUT2D eigenvalue weighted by molar-refractivity contribution is 7.89. The maximum atomic E-state index is 13.7. The van der Waals surface area contributed by atoms with E-state index >= 15 is 0 Å². The van der Waals surface area contributed by atoms with Crippen molar-refractivity contribution >= 4 is 10.0 Å². The van der Waals surface area contributed by atoms with Crippen LogP contribution in [0.5, 0.6) is 5.75 Å². The molecule has 1 aromatic heterocycles. The van der Waals surface area contributed by atoms with E-state index in [1.54, 1.807) is 38.7 Å². The summed E-state index contributed by atoms with van der Waals surface area (Å²) in [4.78, 5) is 8.24. The van der Waals surface area contributed by atoms with E-state index in [-0.39, 0.29) is 18.9 Å². The van der Waals surface area contributed by atoms with Crippen LogP contribution in [0.4, 0.5) is 0 Å². The molecule has 9 heteroatoms. The Balaban J connectivity index is 2.40. The van der Waals surface area contributed by atoms with Crippen molar-refractivity contribution in [2.75, 3.05) is 20.8 Å². The van der Waals surface area contributed by atoms with E-state index < -0.39 is 21.4 Å². The second-order valence-corrected chi connectivity index (χ2v) is 10.4. The van der Waals surface area contributed by atoms with Crippen LogP contribution in [-0.4, -0.2) is 53.8 Å². The molecule has 0 radical (unpaired) electrons. The van der Waals surface area contributed by atoms with E-state index in [1.807, 2.05) is 45.1 Å². The van der Waals surface area contributed by atoms with Crippen molar-refractivity contribution in [2.45, 2.75) is 52.0 Å². The molecule has 0 saturated heterocycles. The molecule has 0 amide bonds. The normalized spacial score (nSPS) is 14.7. The van der Waals surface area contributed by atoms with Crippen LogP contribution in [0.3, 0.4) is 0 Å². The first kappa shape index (κ1) is 27.5. The lowest BCUT2D eigenvalue weighted by Crippen LogP contribution is -2.41. The van der Waals surface area contributed by atoms with Crippen LogP contribution in [0.2, 0.25) is 0 Å². The second-order valence-electron chi connectivity index (χ2n) is 8.09. The summed E-state index contributed by atoms with van der Waals surface area (Å²) in [6.45, 7) is 7.42. The molecule has 2 atom stereocenters. The molecule has 0 saturated carbocycles. The molecule has 0 bridgehead atoms. The SMILES string of the molecule is CC/C(=C\C=C(/C)OC)CN(Cc1ccc(OC)cc1)S(=O)(=O)[C@@H](C)[C@@H](O)c1ncc(C)cn1. The van der Waals surface area contributed by atoms with Crippen molar-refractivity contribution in [3.05, 3.63) is 77.1 Å². The summed E-state index contributed by atoms with van der Waals surface area (Å²) >= 11 is 0. The first-order valence-corrected chi connectivity index (χ1v) is 12.6. The van der Waals surface area contributed by atoms with Gasteiger partial charge in [-0.1, -0.05) is 30.7 Å². The Morgan fingerprint density at radius 3 is 2.29 bits per heavy atom. The molecule has 34 heavy (non-hydrogen) atoms. The van der Waals surface area contributed by atoms with Crippen molar-refractivity contribution < 1.29 is 23.0 Å². The summed E-state index contributed by atoms with van der Waals surface area (Å²) in [5, 5.41) is 9.66. The largest absolute Gasteiger partial charge is 0.501 e. The number of aromatic nitrogens is 2. The number of nitrogens with zero attached hydrogens (tertiary/aromatic N) is 3. The van der Waals surface area contributed by atoms with E-state index in [0.717, 1.165) is 22.5 Å². The van der Waals surface area contributed by atoms with Gasteiger partial charge in [-0.05, 0) is 56.5 Å². The van der Waals surface area contributed by atoms with Crippen LogP contribution in [-0.2, 0) is 21.3 Å². The lowest BCUT2D eigenvalue weighted by atomic mass is 10.1. The Kier molecular flexibility index (Phi) is 10.2. The third-order valence-electron chi connectivity index (χ3n) is 5.57. The number of hydrogen-bond donors (Lipinski definition) is 1. The number of aliphatic hydroxyl groups excluding tert-OH is 1. The van der Waals surface area contributed by atoms with Crippen molar-refractivity contribution in [1.82, 2.24) is 14.3 Å². The van der Waals surface area contributed by atoms with Gasteiger partial charge in [0.05, 0.1) is 20.0 Å². The van der Waals surface area contributed by atoms with Gasteiger partial charge in [-0.2, -0.15) is 4.31 Å². The molecule has 0 unspecified atom stereocenters. The van der Waals surface area contributed by atoms with Gasteiger partial charge in [-0.3, -0.25) is 0 Å². The zero-order valence-electron chi connectivity index (χ0n) is 20.7. The first-order chi connectivity index (χ1) is 16.1. The Hall–Kier alpha value is -2.75. The predicted octanol–water partition coefficient (Wildman–Crippen LogP) is 3.93. The Bertz CT molecular complexity index is 1080. The molecule has 2 rings (SSSR count). The van der Waals surface area contributed by atoms with Gasteiger partial charge in [0.2, 0.25) is 10.0 Å². The summed E-state index contributed by atoms with van der Waals surface area (Å²) in [7, 11) is -0.778. The predicted molar refractivity (Wildman–Crippen MR) is 133 cm³/mol. The number of allylic oxidation sites excluding steroid dienone is 3. The number of methoxy groups -OCH3 is 2. The van der Waals surface area contributed by atoms with Gasteiger partial charge in [-0.15, -0.1) is 0 Å². The van der Waals surface area contributed by atoms with Gasteiger partial charge < -0.3 is 14.6 Å². The van der Waals surface area contributed by atoms with Crippen molar-refractivity contribution in [3.8, 4) is 5.75 Å². The zero-order chi connectivity index (χ0) is 25.3. The van der Waals surface area contributed by atoms with Crippen molar-refractivity contribution in [3.63, 3.8) is 0 Å². The standard InChI is InChI=1S/C25H35N3O5S/c1-7-21(9-8-19(3)32-5)16-28(17-22-10-12-23(33-6)13-11-22)34(30,31)20(4)24(29)25-26-14-18(2)15-27-25/h8-15,20,24,29H,7,16-17H2,1-6H3/b19-8+,21-9+/t20-,24+/m0/s1. The summed E-state index contributed by atoms with van der Waals surface area (Å²) in [5.74, 6) is 1.49. The molecular formula is C25H35N3O5S. The van der Waals surface area contributed by atoms with Crippen molar-refractivity contribution in [2.24, 2.45) is 0 Å². The molecule has 8 nitrogen and oxygen atoms in total. The highest BCUT2D eigenvalue weighted by Crippen LogP contribution is 2.25. The van der Waals surface area contributed by atoms with Crippen LogP contribution in [0.15, 0.2) is 60.1 Å². The topological polar surface area (TPSA) is 102 Å². The highest BCUT2D eigenvalue weighted by Gasteiger charge is 2.36. The summed E-state index contributed by atoms with van der Waals surface area (Å²) in [6.07, 6.45) is 6.09. The Morgan fingerprint density at radius 1 is 1.15 bits per heavy atom. The number of hydrogen-bond acceptors (Lipinski definition) is 7. The molecule has 1 N–H and O–H groups in total. The van der Waals surface area contributed by atoms with E-state index in [4.69, 9.17) is 9.47 Å². The minimum absolute atomic E-state index is 0.0796. The molecule has 186 valence electrons. The van der Waals surface area contributed by atoms with E-state index in [2.05, 4.69) is 9.97 Å². The minimum Gasteiger partial charge on any atom is -0.501 e. The lowest BCUT2D eigenvalue weighted by Gasteiger charge is -2.28. The Labute approximate surface area is 203 Å². The smallest absolute Gasteiger partial charge is 0.220 e. The third kappa shape index (κ3) is 7.38. The second kappa shape index (κ2) is 12.6. The number of sulfonamides is 1. The number of benzene rings is 1. The summed E-state index contributed by atoms with van der Waals surface area (Å²) in [6, 6.07) is 7.24. The summed E-state index contributed by atoms with van der Waals surface area (Å²) < 4.78 is 39.2. The highest BCUT2D eigenvalue weighted by atomic mass is 32.2. The number of rotatable bonds is 12. The fraction of sp³-hybridized carbons (Fsp3) is 0.440.